The predicted octanol–water partition coefficient (Wildman–Crippen LogP) is 2.09. The van der Waals surface area contributed by atoms with E-state index in [4.69, 9.17) is 10.2 Å². The van der Waals surface area contributed by atoms with Crippen LogP contribution < -0.4 is 5.32 Å². The van der Waals surface area contributed by atoms with Crippen molar-refractivity contribution in [1.82, 2.24) is 10.2 Å². The van der Waals surface area contributed by atoms with Gasteiger partial charge in [-0.3, -0.25) is 4.79 Å². The largest absolute Gasteiger partial charge is 0.465 e. The molecular formula is C17H23FN2O4. The number of nitrogens with one attached hydrogen (secondary N) is 1. The molecule has 132 valence electrons. The first-order valence-corrected chi connectivity index (χ1v) is 8.16. The van der Waals surface area contributed by atoms with Gasteiger partial charge in [0.2, 0.25) is 0 Å². The minimum Gasteiger partial charge on any atom is -0.465 e. The molecule has 0 saturated carbocycles. The normalized spacial score (nSPS) is 16.7. The van der Waals surface area contributed by atoms with Gasteiger partial charge >= 0.3 is 6.09 Å². The van der Waals surface area contributed by atoms with Crippen molar-refractivity contribution in [2.24, 2.45) is 5.92 Å². The van der Waals surface area contributed by atoms with Crippen LogP contribution >= 0.6 is 0 Å². The third-order valence-corrected chi connectivity index (χ3v) is 4.48. The van der Waals surface area contributed by atoms with Crippen molar-refractivity contribution < 1.29 is 24.2 Å². The summed E-state index contributed by atoms with van der Waals surface area (Å²) in [6.45, 7) is 0.932. The van der Waals surface area contributed by atoms with Gasteiger partial charge in [-0.05, 0) is 55.9 Å². The Morgan fingerprint density at radius 1 is 1.25 bits per heavy atom. The van der Waals surface area contributed by atoms with Crippen molar-refractivity contribution >= 4 is 12.0 Å². The first-order valence-electron chi connectivity index (χ1n) is 8.16. The minimum atomic E-state index is -0.921. The number of carbonyl (C=O) groups is 2. The van der Waals surface area contributed by atoms with Gasteiger partial charge in [0.1, 0.15) is 5.82 Å². The molecule has 1 fully saturated rings. The average Bonchev–Trinajstić information content (AvgIpc) is 2.59. The van der Waals surface area contributed by atoms with Gasteiger partial charge in [-0.25, -0.2) is 9.18 Å². The number of carboxylic acid groups (broad SMARTS) is 1. The highest BCUT2D eigenvalue weighted by Gasteiger charge is 2.29. The summed E-state index contributed by atoms with van der Waals surface area (Å²) in [5.74, 6) is -0.514. The summed E-state index contributed by atoms with van der Waals surface area (Å²) in [4.78, 5) is 24.7. The van der Waals surface area contributed by atoms with Gasteiger partial charge in [0.15, 0.2) is 0 Å². The third-order valence-electron chi connectivity index (χ3n) is 4.48. The fraction of sp³-hybridized carbons (Fsp3) is 0.529. The lowest BCUT2D eigenvalue weighted by molar-refractivity contribution is 0.0867. The van der Waals surface area contributed by atoms with E-state index < -0.39 is 11.9 Å². The van der Waals surface area contributed by atoms with Crippen LogP contribution in [0.3, 0.4) is 0 Å². The van der Waals surface area contributed by atoms with Crippen molar-refractivity contribution in [2.75, 3.05) is 19.7 Å². The molecule has 1 aliphatic rings. The molecule has 0 radical (unpaired) electrons. The molecule has 1 aliphatic heterocycles. The molecule has 1 unspecified atom stereocenters. The lowest BCUT2D eigenvalue weighted by Crippen LogP contribution is -2.46. The van der Waals surface area contributed by atoms with E-state index in [1.54, 1.807) is 0 Å². The molecule has 1 saturated heterocycles. The quantitative estimate of drug-likeness (QED) is 0.741. The predicted molar refractivity (Wildman–Crippen MR) is 86.3 cm³/mol. The number of hydrogen-bond acceptors (Lipinski definition) is 3. The number of aliphatic hydroxyl groups excluding tert-OH is 1. The number of nitrogens with zero attached hydrogens (tertiary/aromatic N) is 1. The summed E-state index contributed by atoms with van der Waals surface area (Å²) in [5, 5.41) is 21.0. The number of aliphatic hydroxyl groups is 1. The molecule has 1 aromatic rings. The van der Waals surface area contributed by atoms with Crippen LogP contribution in [0.1, 0.15) is 36.0 Å². The summed E-state index contributed by atoms with van der Waals surface area (Å²) < 4.78 is 13.0. The van der Waals surface area contributed by atoms with Gasteiger partial charge in [-0.1, -0.05) is 0 Å². The van der Waals surface area contributed by atoms with Crippen LogP contribution in [0.15, 0.2) is 24.3 Å². The number of benzene rings is 1. The minimum absolute atomic E-state index is 0.0386. The van der Waals surface area contributed by atoms with Crippen molar-refractivity contribution in [3.8, 4) is 0 Å². The molecule has 2 rings (SSSR count). The molecule has 3 N–H and O–H groups in total. The number of carbonyl (C=O) groups excluding carboxylic acids is 1. The summed E-state index contributed by atoms with van der Waals surface area (Å²) in [5.41, 5.74) is 0.383. The molecule has 0 bridgehead atoms. The van der Waals surface area contributed by atoms with Gasteiger partial charge in [0.25, 0.3) is 5.91 Å². The second kappa shape index (κ2) is 8.63. The number of rotatable bonds is 6. The molecule has 1 atom stereocenters. The van der Waals surface area contributed by atoms with Crippen molar-refractivity contribution in [2.45, 2.75) is 31.7 Å². The number of hydrogen-bond donors (Lipinski definition) is 3. The molecule has 1 aromatic carbocycles. The van der Waals surface area contributed by atoms with Gasteiger partial charge in [-0.15, -0.1) is 0 Å². The number of amides is 2. The molecule has 24 heavy (non-hydrogen) atoms. The number of halogens is 1. The van der Waals surface area contributed by atoms with Crippen molar-refractivity contribution in [1.29, 1.82) is 0 Å². The van der Waals surface area contributed by atoms with Crippen LogP contribution in [0.2, 0.25) is 0 Å². The topological polar surface area (TPSA) is 89.9 Å². The first-order chi connectivity index (χ1) is 11.5. The van der Waals surface area contributed by atoms with E-state index in [2.05, 4.69) is 5.32 Å². The zero-order valence-corrected chi connectivity index (χ0v) is 13.4. The zero-order valence-electron chi connectivity index (χ0n) is 13.4. The standard InChI is InChI=1S/C17H23FN2O4/c18-14-5-3-13(4-6-14)16(22)19-15(2-1-11-21)12-7-9-20(10-8-12)17(23)24/h3-6,12,15,21H,1-2,7-11H2,(H,19,22)(H,23,24). The number of likely N-dealkylation sites (tertiary alicyclic amines) is 1. The Kier molecular flexibility index (Phi) is 6.54. The van der Waals surface area contributed by atoms with Crippen molar-refractivity contribution in [3.63, 3.8) is 0 Å². The maximum absolute atomic E-state index is 13.0. The Balaban J connectivity index is 1.98. The van der Waals surface area contributed by atoms with E-state index >= 15 is 0 Å². The highest BCUT2D eigenvalue weighted by Crippen LogP contribution is 2.24. The van der Waals surface area contributed by atoms with Crippen LogP contribution in [0.5, 0.6) is 0 Å². The summed E-state index contributed by atoms with van der Waals surface area (Å²) in [7, 11) is 0. The summed E-state index contributed by atoms with van der Waals surface area (Å²) >= 11 is 0. The van der Waals surface area contributed by atoms with Gasteiger partial charge < -0.3 is 20.4 Å². The van der Waals surface area contributed by atoms with Crippen LogP contribution in [0.4, 0.5) is 9.18 Å². The molecule has 0 aliphatic carbocycles. The SMILES string of the molecule is O=C(NC(CCCO)C1CCN(C(=O)O)CC1)c1ccc(F)cc1. The van der Waals surface area contributed by atoms with E-state index in [1.807, 2.05) is 0 Å². The van der Waals surface area contributed by atoms with Crippen LogP contribution in [0, 0.1) is 11.7 Å². The number of piperidine rings is 1. The van der Waals surface area contributed by atoms with Gasteiger partial charge in [-0.2, -0.15) is 0 Å². The van der Waals surface area contributed by atoms with Crippen LogP contribution in [-0.2, 0) is 0 Å². The lowest BCUT2D eigenvalue weighted by atomic mass is 9.86. The Bertz CT molecular complexity index is 556. The van der Waals surface area contributed by atoms with E-state index in [-0.39, 0.29) is 24.5 Å². The lowest BCUT2D eigenvalue weighted by Gasteiger charge is -2.35. The van der Waals surface area contributed by atoms with Crippen LogP contribution in [-0.4, -0.2) is 52.9 Å². The smallest absolute Gasteiger partial charge is 0.407 e. The Morgan fingerprint density at radius 2 is 1.88 bits per heavy atom. The van der Waals surface area contributed by atoms with E-state index in [0.717, 1.165) is 0 Å². The molecule has 0 spiro atoms. The Hall–Kier alpha value is -2.15. The van der Waals surface area contributed by atoms with Crippen LogP contribution in [0.25, 0.3) is 0 Å². The highest BCUT2D eigenvalue weighted by molar-refractivity contribution is 5.94. The Labute approximate surface area is 140 Å². The molecule has 0 aromatic heterocycles. The highest BCUT2D eigenvalue weighted by atomic mass is 19.1. The zero-order chi connectivity index (χ0) is 17.5. The second-order valence-corrected chi connectivity index (χ2v) is 6.06. The van der Waals surface area contributed by atoms with E-state index in [1.165, 1.54) is 29.2 Å². The van der Waals surface area contributed by atoms with E-state index in [9.17, 15) is 14.0 Å². The molecule has 2 amide bonds. The third kappa shape index (κ3) is 4.92. The summed E-state index contributed by atoms with van der Waals surface area (Å²) in [6.07, 6.45) is 1.61. The van der Waals surface area contributed by atoms with Crippen molar-refractivity contribution in [3.05, 3.63) is 35.6 Å². The average molecular weight is 338 g/mol. The first kappa shape index (κ1) is 18.2. The van der Waals surface area contributed by atoms with Gasteiger partial charge in [0.05, 0.1) is 0 Å². The fourth-order valence-corrected chi connectivity index (χ4v) is 3.08. The second-order valence-electron chi connectivity index (χ2n) is 6.06. The van der Waals surface area contributed by atoms with Gasteiger partial charge in [0, 0.05) is 31.3 Å². The molecule has 6 nitrogen and oxygen atoms in total. The van der Waals surface area contributed by atoms with E-state index in [0.29, 0.717) is 44.3 Å². The fourth-order valence-electron chi connectivity index (χ4n) is 3.08. The maximum atomic E-state index is 13.0. The monoisotopic (exact) mass is 338 g/mol. The molecule has 1 heterocycles. The molecular weight excluding hydrogens is 315 g/mol. The Morgan fingerprint density at radius 3 is 2.42 bits per heavy atom. The maximum Gasteiger partial charge on any atom is 0.407 e. The molecule has 7 heteroatoms. The summed E-state index contributed by atoms with van der Waals surface area (Å²) in [6, 6.07) is 5.21.